The van der Waals surface area contributed by atoms with Gasteiger partial charge in [-0.2, -0.15) is 0 Å². The van der Waals surface area contributed by atoms with Crippen molar-refractivity contribution in [1.29, 1.82) is 0 Å². The Labute approximate surface area is 120 Å². The number of allylic oxidation sites excluding steroid dienone is 1. The van der Waals surface area contributed by atoms with Crippen LogP contribution in [0.2, 0.25) is 0 Å². The van der Waals surface area contributed by atoms with Gasteiger partial charge in [0.2, 0.25) is 0 Å². The van der Waals surface area contributed by atoms with Crippen LogP contribution in [0.15, 0.2) is 29.5 Å². The Morgan fingerprint density at radius 1 is 1.24 bits per heavy atom. The normalized spacial score (nSPS) is 18.1. The van der Waals surface area contributed by atoms with Gasteiger partial charge in [0.05, 0.1) is 17.2 Å². The van der Waals surface area contributed by atoms with Crippen LogP contribution < -0.4 is 10.6 Å². The zero-order chi connectivity index (χ0) is 15.7. The highest BCUT2D eigenvalue weighted by molar-refractivity contribution is 5.98. The summed E-state index contributed by atoms with van der Waals surface area (Å²) in [6, 6.07) is 1.60. The van der Waals surface area contributed by atoms with Crippen LogP contribution in [-0.4, -0.2) is 30.9 Å². The maximum Gasteiger partial charge on any atom is 0.319 e. The summed E-state index contributed by atoms with van der Waals surface area (Å²) in [5, 5.41) is 4.84. The lowest BCUT2D eigenvalue weighted by Gasteiger charge is -2.30. The van der Waals surface area contributed by atoms with E-state index in [9.17, 15) is 18.4 Å². The maximum absolute atomic E-state index is 14.0. The second-order valence-electron chi connectivity index (χ2n) is 4.91. The average molecular weight is 295 g/mol. The van der Waals surface area contributed by atoms with Crippen molar-refractivity contribution in [2.45, 2.75) is 13.0 Å². The monoisotopic (exact) mass is 295 g/mol. The van der Waals surface area contributed by atoms with E-state index < -0.39 is 29.6 Å². The van der Waals surface area contributed by atoms with E-state index in [1.165, 1.54) is 32.0 Å². The van der Waals surface area contributed by atoms with Gasteiger partial charge in [-0.1, -0.05) is 6.07 Å². The van der Waals surface area contributed by atoms with Crippen LogP contribution in [0.25, 0.3) is 0 Å². The maximum atomic E-state index is 14.0. The van der Waals surface area contributed by atoms with Gasteiger partial charge in [0.25, 0.3) is 5.91 Å². The molecule has 0 spiro atoms. The minimum Gasteiger partial charge on any atom is -0.345 e. The van der Waals surface area contributed by atoms with Gasteiger partial charge in [-0.25, -0.2) is 13.6 Å². The molecule has 1 aromatic carbocycles. The first kappa shape index (κ1) is 15.0. The number of benzene rings is 1. The molecule has 0 aromatic heterocycles. The lowest BCUT2D eigenvalue weighted by atomic mass is 9.93. The standard InChI is InChI=1S/C14H15F2N3O2/c1-7-10(13(20)19(2)3)12(18-14(21)17-7)11-8(15)5-4-6-9(11)16/h4-6,12H,1-3H3,(H2,17,18,21). The Morgan fingerprint density at radius 3 is 2.33 bits per heavy atom. The van der Waals surface area contributed by atoms with Crippen LogP contribution in [0.5, 0.6) is 0 Å². The Bertz CT molecular complexity index is 621. The van der Waals surface area contributed by atoms with Gasteiger partial charge in [-0.3, -0.25) is 4.79 Å². The molecular formula is C14H15F2N3O2. The SMILES string of the molecule is CC1=C(C(=O)N(C)C)C(c2c(F)cccc2F)NC(=O)N1. The Morgan fingerprint density at radius 2 is 1.81 bits per heavy atom. The fourth-order valence-electron chi connectivity index (χ4n) is 2.22. The number of carbonyl (C=O) groups excluding carboxylic acids is 2. The molecule has 0 fully saturated rings. The van der Waals surface area contributed by atoms with Crippen molar-refractivity contribution in [2.24, 2.45) is 0 Å². The van der Waals surface area contributed by atoms with Crippen molar-refractivity contribution in [3.63, 3.8) is 0 Å². The van der Waals surface area contributed by atoms with Crippen molar-refractivity contribution in [3.05, 3.63) is 46.7 Å². The third kappa shape index (κ3) is 2.72. The van der Waals surface area contributed by atoms with Crippen molar-refractivity contribution < 1.29 is 18.4 Å². The average Bonchev–Trinajstić information content (AvgIpc) is 2.37. The predicted molar refractivity (Wildman–Crippen MR) is 72.2 cm³/mol. The Kier molecular flexibility index (Phi) is 3.93. The van der Waals surface area contributed by atoms with Gasteiger partial charge < -0.3 is 15.5 Å². The molecule has 112 valence electrons. The van der Waals surface area contributed by atoms with Gasteiger partial charge in [-0.05, 0) is 19.1 Å². The van der Waals surface area contributed by atoms with Crippen molar-refractivity contribution in [2.75, 3.05) is 14.1 Å². The lowest BCUT2D eigenvalue weighted by molar-refractivity contribution is -0.125. The van der Waals surface area contributed by atoms with E-state index in [0.29, 0.717) is 0 Å². The molecule has 1 unspecified atom stereocenters. The lowest BCUT2D eigenvalue weighted by Crippen LogP contribution is -2.47. The third-order valence-corrected chi connectivity index (χ3v) is 3.19. The van der Waals surface area contributed by atoms with E-state index in [-0.39, 0.29) is 16.8 Å². The number of rotatable bonds is 2. The highest BCUT2D eigenvalue weighted by Crippen LogP contribution is 2.31. The first-order valence-electron chi connectivity index (χ1n) is 6.26. The van der Waals surface area contributed by atoms with Gasteiger partial charge >= 0.3 is 6.03 Å². The van der Waals surface area contributed by atoms with Gasteiger partial charge in [-0.15, -0.1) is 0 Å². The topological polar surface area (TPSA) is 61.4 Å². The molecule has 1 aliphatic heterocycles. The van der Waals surface area contributed by atoms with Crippen LogP contribution >= 0.6 is 0 Å². The van der Waals surface area contributed by atoms with E-state index >= 15 is 0 Å². The summed E-state index contributed by atoms with van der Waals surface area (Å²) in [7, 11) is 3.04. The second kappa shape index (κ2) is 5.51. The summed E-state index contributed by atoms with van der Waals surface area (Å²) in [6.45, 7) is 1.52. The van der Waals surface area contributed by atoms with Crippen molar-refractivity contribution in [3.8, 4) is 0 Å². The summed E-state index contributed by atoms with van der Waals surface area (Å²) in [5.74, 6) is -2.08. The largest absolute Gasteiger partial charge is 0.345 e. The molecule has 0 saturated carbocycles. The zero-order valence-electron chi connectivity index (χ0n) is 11.8. The molecule has 1 heterocycles. The van der Waals surface area contributed by atoms with Gasteiger partial charge in [0.1, 0.15) is 11.6 Å². The van der Waals surface area contributed by atoms with Gasteiger partial charge in [0, 0.05) is 19.8 Å². The number of halogens is 2. The van der Waals surface area contributed by atoms with E-state index in [2.05, 4.69) is 10.6 Å². The number of urea groups is 1. The van der Waals surface area contributed by atoms with Crippen LogP contribution in [0.1, 0.15) is 18.5 Å². The minimum atomic E-state index is -1.17. The highest BCUT2D eigenvalue weighted by atomic mass is 19.1. The molecule has 0 radical (unpaired) electrons. The summed E-state index contributed by atoms with van der Waals surface area (Å²) < 4.78 is 27.9. The molecule has 21 heavy (non-hydrogen) atoms. The zero-order valence-corrected chi connectivity index (χ0v) is 11.8. The summed E-state index contributed by atoms with van der Waals surface area (Å²) in [5.41, 5.74) is 0.0191. The van der Waals surface area contributed by atoms with Crippen molar-refractivity contribution in [1.82, 2.24) is 15.5 Å². The molecule has 0 aliphatic carbocycles. The summed E-state index contributed by atoms with van der Waals surface area (Å²) >= 11 is 0. The number of nitrogens with one attached hydrogen (secondary N) is 2. The number of nitrogens with zero attached hydrogens (tertiary/aromatic N) is 1. The number of amides is 3. The molecule has 7 heteroatoms. The molecule has 1 aromatic rings. The van der Waals surface area contributed by atoms with Gasteiger partial charge in [0.15, 0.2) is 0 Å². The quantitative estimate of drug-likeness (QED) is 0.872. The summed E-state index contributed by atoms with van der Waals surface area (Å²) in [4.78, 5) is 25.1. The Balaban J connectivity index is 2.61. The van der Waals surface area contributed by atoms with E-state index in [1.54, 1.807) is 0 Å². The van der Waals surface area contributed by atoms with Crippen LogP contribution in [0.3, 0.4) is 0 Å². The summed E-state index contributed by atoms with van der Waals surface area (Å²) in [6.07, 6.45) is 0. The fourth-order valence-corrected chi connectivity index (χ4v) is 2.22. The number of hydrogen-bond acceptors (Lipinski definition) is 2. The molecule has 1 aliphatic rings. The van der Waals surface area contributed by atoms with E-state index in [4.69, 9.17) is 0 Å². The van der Waals surface area contributed by atoms with Crippen LogP contribution in [0.4, 0.5) is 13.6 Å². The number of carbonyl (C=O) groups is 2. The predicted octanol–water partition coefficient (Wildman–Crippen LogP) is 1.68. The molecule has 2 N–H and O–H groups in total. The van der Waals surface area contributed by atoms with E-state index in [0.717, 1.165) is 12.1 Å². The number of likely N-dealkylation sites (N-methyl/N-ethyl adjacent to an activating group) is 1. The second-order valence-corrected chi connectivity index (χ2v) is 4.91. The fraction of sp³-hybridized carbons (Fsp3) is 0.286. The molecule has 3 amide bonds. The van der Waals surface area contributed by atoms with Crippen LogP contribution in [-0.2, 0) is 4.79 Å². The first-order valence-corrected chi connectivity index (χ1v) is 6.26. The molecule has 5 nitrogen and oxygen atoms in total. The number of hydrogen-bond donors (Lipinski definition) is 2. The van der Waals surface area contributed by atoms with Crippen LogP contribution in [0, 0.1) is 11.6 Å². The molecule has 0 bridgehead atoms. The van der Waals surface area contributed by atoms with E-state index in [1.807, 2.05) is 0 Å². The molecule has 2 rings (SSSR count). The minimum absolute atomic E-state index is 0.101. The third-order valence-electron chi connectivity index (χ3n) is 3.19. The smallest absolute Gasteiger partial charge is 0.319 e. The molecule has 0 saturated heterocycles. The Hall–Kier alpha value is -2.44. The highest BCUT2D eigenvalue weighted by Gasteiger charge is 2.35. The van der Waals surface area contributed by atoms with Crippen molar-refractivity contribution >= 4 is 11.9 Å². The first-order chi connectivity index (χ1) is 9.82. The molecule has 1 atom stereocenters. The molecular weight excluding hydrogens is 280 g/mol.